The Morgan fingerprint density at radius 1 is 1.44 bits per heavy atom. The van der Waals surface area contributed by atoms with Gasteiger partial charge in [0.25, 0.3) is 0 Å². The number of piperidine rings is 1. The van der Waals surface area contributed by atoms with Crippen LogP contribution in [0, 0.1) is 16.7 Å². The van der Waals surface area contributed by atoms with E-state index < -0.39 is 11.4 Å². The number of carbonyl (C=O) groups is 1. The van der Waals surface area contributed by atoms with E-state index in [-0.39, 0.29) is 5.92 Å². The predicted molar refractivity (Wildman–Crippen MR) is 72.5 cm³/mol. The number of carboxylic acid groups (broad SMARTS) is 1. The highest BCUT2D eigenvalue weighted by molar-refractivity contribution is 5.74. The van der Waals surface area contributed by atoms with Crippen LogP contribution in [0.15, 0.2) is 0 Å². The molecule has 3 heteroatoms. The van der Waals surface area contributed by atoms with Crippen LogP contribution in [0.1, 0.15) is 53.4 Å². The molecule has 1 saturated heterocycles. The van der Waals surface area contributed by atoms with Crippen LogP contribution in [0.2, 0.25) is 0 Å². The third-order valence-electron chi connectivity index (χ3n) is 5.62. The summed E-state index contributed by atoms with van der Waals surface area (Å²) in [6, 6.07) is 0.602. The van der Waals surface area contributed by atoms with Gasteiger partial charge >= 0.3 is 5.97 Å². The molecule has 2 unspecified atom stereocenters. The van der Waals surface area contributed by atoms with Gasteiger partial charge < -0.3 is 5.11 Å². The fourth-order valence-corrected chi connectivity index (χ4v) is 3.18. The molecule has 2 fully saturated rings. The Labute approximate surface area is 111 Å². The molecule has 104 valence electrons. The molecular weight excluding hydrogens is 226 g/mol. The molecule has 0 radical (unpaired) electrons. The zero-order chi connectivity index (χ0) is 13.6. The zero-order valence-electron chi connectivity index (χ0n) is 12.2. The molecule has 1 aliphatic carbocycles. The smallest absolute Gasteiger partial charge is 0.309 e. The fourth-order valence-electron chi connectivity index (χ4n) is 3.18. The van der Waals surface area contributed by atoms with Crippen molar-refractivity contribution in [3.05, 3.63) is 0 Å². The van der Waals surface area contributed by atoms with Crippen LogP contribution in [0.25, 0.3) is 0 Å². The van der Waals surface area contributed by atoms with E-state index in [9.17, 15) is 9.90 Å². The van der Waals surface area contributed by atoms with Crippen molar-refractivity contribution in [2.45, 2.75) is 59.4 Å². The monoisotopic (exact) mass is 253 g/mol. The summed E-state index contributed by atoms with van der Waals surface area (Å²) in [6.45, 7) is 10.5. The van der Waals surface area contributed by atoms with Crippen LogP contribution in [0.4, 0.5) is 0 Å². The first-order valence-corrected chi connectivity index (χ1v) is 7.25. The minimum Gasteiger partial charge on any atom is -0.481 e. The number of nitrogens with zero attached hydrogens (tertiary/aromatic N) is 1. The molecule has 0 amide bonds. The lowest BCUT2D eigenvalue weighted by Crippen LogP contribution is -2.49. The molecule has 1 saturated carbocycles. The van der Waals surface area contributed by atoms with Gasteiger partial charge in [-0.25, -0.2) is 0 Å². The van der Waals surface area contributed by atoms with Crippen LogP contribution < -0.4 is 0 Å². The van der Waals surface area contributed by atoms with E-state index in [2.05, 4.69) is 18.7 Å². The van der Waals surface area contributed by atoms with E-state index >= 15 is 0 Å². The first-order chi connectivity index (χ1) is 8.27. The lowest BCUT2D eigenvalue weighted by molar-refractivity contribution is -0.151. The lowest BCUT2D eigenvalue weighted by atomic mass is 9.74. The number of hydrogen-bond acceptors (Lipinski definition) is 2. The molecular formula is C15H27NO2. The topological polar surface area (TPSA) is 40.5 Å². The number of carboxylic acids is 1. The number of likely N-dealkylation sites (tertiary alicyclic amines) is 1. The number of rotatable bonds is 4. The molecule has 1 heterocycles. The molecule has 2 atom stereocenters. The Morgan fingerprint density at radius 3 is 2.56 bits per heavy atom. The molecule has 2 rings (SSSR count). The van der Waals surface area contributed by atoms with Crippen molar-refractivity contribution in [3.8, 4) is 0 Å². The van der Waals surface area contributed by atoms with Crippen LogP contribution in [-0.4, -0.2) is 35.1 Å². The highest BCUT2D eigenvalue weighted by atomic mass is 16.4. The third kappa shape index (κ3) is 2.42. The predicted octanol–water partition coefficient (Wildman–Crippen LogP) is 3.00. The SMILES string of the molecule is CC(N1CCCC(C(C)(C)C(=O)O)C1)C1(C)CC1. The van der Waals surface area contributed by atoms with Crippen LogP contribution >= 0.6 is 0 Å². The second-order valence-electron chi connectivity index (χ2n) is 7.19. The van der Waals surface area contributed by atoms with E-state index in [0.29, 0.717) is 11.5 Å². The van der Waals surface area contributed by atoms with Crippen LogP contribution in [0.5, 0.6) is 0 Å². The van der Waals surface area contributed by atoms with Crippen molar-refractivity contribution in [3.63, 3.8) is 0 Å². The van der Waals surface area contributed by atoms with E-state index in [4.69, 9.17) is 0 Å². The highest BCUT2D eigenvalue weighted by Crippen LogP contribution is 2.50. The minimum atomic E-state index is -0.653. The molecule has 0 bridgehead atoms. The molecule has 0 spiro atoms. The van der Waals surface area contributed by atoms with Crippen molar-refractivity contribution in [2.24, 2.45) is 16.7 Å². The molecule has 1 aliphatic heterocycles. The van der Waals surface area contributed by atoms with Crippen LogP contribution in [-0.2, 0) is 4.79 Å². The van der Waals surface area contributed by atoms with Gasteiger partial charge in [0.05, 0.1) is 5.41 Å². The Balaban J connectivity index is 2.02. The van der Waals surface area contributed by atoms with E-state index in [1.807, 2.05) is 13.8 Å². The summed E-state index contributed by atoms with van der Waals surface area (Å²) < 4.78 is 0. The molecule has 1 N–H and O–H groups in total. The Morgan fingerprint density at radius 2 is 2.06 bits per heavy atom. The van der Waals surface area contributed by atoms with Gasteiger partial charge in [0, 0.05) is 12.6 Å². The molecule has 0 aromatic carbocycles. The maximum atomic E-state index is 11.4. The number of aliphatic carboxylic acids is 1. The quantitative estimate of drug-likeness (QED) is 0.837. The number of hydrogen-bond donors (Lipinski definition) is 1. The molecule has 3 nitrogen and oxygen atoms in total. The Hall–Kier alpha value is -0.570. The summed E-state index contributed by atoms with van der Waals surface area (Å²) in [7, 11) is 0. The summed E-state index contributed by atoms with van der Waals surface area (Å²) in [6.07, 6.45) is 4.86. The van der Waals surface area contributed by atoms with Gasteiger partial charge in [0.2, 0.25) is 0 Å². The maximum Gasteiger partial charge on any atom is 0.309 e. The highest BCUT2D eigenvalue weighted by Gasteiger charge is 2.47. The van der Waals surface area contributed by atoms with E-state index in [1.54, 1.807) is 0 Å². The van der Waals surface area contributed by atoms with Gasteiger partial charge in [0.1, 0.15) is 0 Å². The molecule has 18 heavy (non-hydrogen) atoms. The fraction of sp³-hybridized carbons (Fsp3) is 0.933. The zero-order valence-corrected chi connectivity index (χ0v) is 12.2. The standard InChI is InChI=1S/C15H27NO2/c1-11(15(4)7-8-15)16-9-5-6-12(10-16)14(2,3)13(17)18/h11-12H,5-10H2,1-4H3,(H,17,18). The van der Waals surface area contributed by atoms with Gasteiger partial charge in [-0.15, -0.1) is 0 Å². The van der Waals surface area contributed by atoms with Crippen molar-refractivity contribution in [2.75, 3.05) is 13.1 Å². The average Bonchev–Trinajstić information content (AvgIpc) is 3.07. The van der Waals surface area contributed by atoms with Crippen molar-refractivity contribution < 1.29 is 9.90 Å². The van der Waals surface area contributed by atoms with Gasteiger partial charge in [-0.2, -0.15) is 0 Å². The Kier molecular flexibility index (Phi) is 3.48. The average molecular weight is 253 g/mol. The molecule has 2 aliphatic rings. The first-order valence-electron chi connectivity index (χ1n) is 7.25. The van der Waals surface area contributed by atoms with Gasteiger partial charge in [0.15, 0.2) is 0 Å². The summed E-state index contributed by atoms with van der Waals surface area (Å²) >= 11 is 0. The van der Waals surface area contributed by atoms with E-state index in [0.717, 1.165) is 25.9 Å². The van der Waals surface area contributed by atoms with Gasteiger partial charge in [-0.1, -0.05) is 6.92 Å². The van der Waals surface area contributed by atoms with Crippen molar-refractivity contribution >= 4 is 5.97 Å². The summed E-state index contributed by atoms with van der Waals surface area (Å²) in [4.78, 5) is 13.9. The first kappa shape index (κ1) is 13.9. The molecule has 0 aromatic rings. The normalized spacial score (nSPS) is 29.9. The largest absolute Gasteiger partial charge is 0.481 e. The summed E-state index contributed by atoms with van der Waals surface area (Å²) in [5.41, 5.74) is -0.0991. The Bertz CT molecular complexity index is 333. The maximum absolute atomic E-state index is 11.4. The van der Waals surface area contributed by atoms with Gasteiger partial charge in [-0.3, -0.25) is 9.69 Å². The summed E-state index contributed by atoms with van der Waals surface area (Å²) in [5.74, 6) is -0.367. The second-order valence-corrected chi connectivity index (χ2v) is 7.19. The second kappa shape index (κ2) is 4.52. The van der Waals surface area contributed by atoms with Crippen molar-refractivity contribution in [1.29, 1.82) is 0 Å². The molecule has 0 aromatic heterocycles. The summed E-state index contributed by atoms with van der Waals surface area (Å²) in [5, 5.41) is 9.37. The van der Waals surface area contributed by atoms with Gasteiger partial charge in [-0.05, 0) is 64.3 Å². The van der Waals surface area contributed by atoms with E-state index in [1.165, 1.54) is 12.8 Å². The van der Waals surface area contributed by atoms with Crippen LogP contribution in [0.3, 0.4) is 0 Å². The third-order valence-corrected chi connectivity index (χ3v) is 5.62. The van der Waals surface area contributed by atoms with Crippen molar-refractivity contribution in [1.82, 2.24) is 4.90 Å². The minimum absolute atomic E-state index is 0.286. The lowest BCUT2D eigenvalue weighted by Gasteiger charge is -2.43.